The number of carbonyl (C=O) groups is 1. The van der Waals surface area contributed by atoms with Gasteiger partial charge in [-0.3, -0.25) is 4.79 Å². The van der Waals surface area contributed by atoms with Crippen LogP contribution in [0.5, 0.6) is 0 Å². The molecule has 1 saturated carbocycles. The highest BCUT2D eigenvalue weighted by molar-refractivity contribution is 5.78. The highest BCUT2D eigenvalue weighted by Gasteiger charge is 2.23. The third-order valence-corrected chi connectivity index (χ3v) is 3.45. The Labute approximate surface area is 92.5 Å². The van der Waals surface area contributed by atoms with Crippen LogP contribution in [-0.4, -0.2) is 36.1 Å². The minimum atomic E-state index is -0.198. The average molecular weight is 213 g/mol. The van der Waals surface area contributed by atoms with Crippen LogP contribution in [-0.2, 0) is 4.79 Å². The van der Waals surface area contributed by atoms with Gasteiger partial charge in [0.15, 0.2) is 0 Å². The summed E-state index contributed by atoms with van der Waals surface area (Å²) in [6.07, 6.45) is 5.86. The van der Waals surface area contributed by atoms with Crippen LogP contribution in [0.3, 0.4) is 0 Å². The average Bonchev–Trinajstić information content (AvgIpc) is 2.72. The van der Waals surface area contributed by atoms with Crippen LogP contribution >= 0.6 is 0 Å². The normalized spacial score (nSPS) is 19.1. The highest BCUT2D eigenvalue weighted by atomic mass is 16.3. The zero-order chi connectivity index (χ0) is 11.3. The molecule has 0 heterocycles. The number of carbonyl (C=O) groups excluding carboxylic acids is 1. The first-order chi connectivity index (χ1) is 7.19. The van der Waals surface area contributed by atoms with Crippen molar-refractivity contribution < 1.29 is 9.90 Å². The lowest BCUT2D eigenvalue weighted by atomic mass is 10.0. The Morgan fingerprint density at radius 1 is 1.47 bits per heavy atom. The molecule has 0 radical (unpaired) electrons. The number of aliphatic hydroxyl groups is 1. The lowest BCUT2D eigenvalue weighted by molar-refractivity contribution is -0.136. The fourth-order valence-electron chi connectivity index (χ4n) is 2.36. The maximum atomic E-state index is 11.9. The van der Waals surface area contributed by atoms with E-state index >= 15 is 0 Å². The van der Waals surface area contributed by atoms with Crippen molar-refractivity contribution in [2.75, 3.05) is 20.2 Å². The van der Waals surface area contributed by atoms with E-state index in [1.54, 1.807) is 4.90 Å². The van der Waals surface area contributed by atoms with Gasteiger partial charge in [-0.05, 0) is 25.2 Å². The summed E-state index contributed by atoms with van der Waals surface area (Å²) in [5.41, 5.74) is 0. The van der Waals surface area contributed by atoms with Crippen molar-refractivity contribution in [1.82, 2.24) is 4.90 Å². The number of hydrogen-bond donors (Lipinski definition) is 1. The molecule has 1 rings (SSSR count). The van der Waals surface area contributed by atoms with Crippen molar-refractivity contribution >= 4 is 5.91 Å². The van der Waals surface area contributed by atoms with Crippen LogP contribution in [0.15, 0.2) is 0 Å². The van der Waals surface area contributed by atoms with Crippen molar-refractivity contribution in [2.45, 2.75) is 39.0 Å². The van der Waals surface area contributed by atoms with Gasteiger partial charge in [0, 0.05) is 13.6 Å². The van der Waals surface area contributed by atoms with Gasteiger partial charge >= 0.3 is 0 Å². The van der Waals surface area contributed by atoms with Crippen LogP contribution in [0.4, 0.5) is 0 Å². The molecule has 0 saturated heterocycles. The number of aliphatic hydroxyl groups excluding tert-OH is 1. The van der Waals surface area contributed by atoms with Crippen LogP contribution in [0.1, 0.15) is 39.0 Å². The van der Waals surface area contributed by atoms with Gasteiger partial charge in [0.1, 0.15) is 0 Å². The molecule has 1 N–H and O–H groups in total. The van der Waals surface area contributed by atoms with Gasteiger partial charge in [0.25, 0.3) is 0 Å². The minimum Gasteiger partial charge on any atom is -0.396 e. The van der Waals surface area contributed by atoms with E-state index in [-0.39, 0.29) is 18.4 Å². The van der Waals surface area contributed by atoms with Crippen molar-refractivity contribution in [3.63, 3.8) is 0 Å². The molecule has 88 valence electrons. The maximum Gasteiger partial charge on any atom is 0.227 e. The first-order valence-corrected chi connectivity index (χ1v) is 6.04. The molecule has 1 aliphatic carbocycles. The van der Waals surface area contributed by atoms with Crippen molar-refractivity contribution in [2.24, 2.45) is 11.8 Å². The topological polar surface area (TPSA) is 40.5 Å². The van der Waals surface area contributed by atoms with Crippen molar-refractivity contribution in [3.05, 3.63) is 0 Å². The molecule has 0 aromatic rings. The first-order valence-electron chi connectivity index (χ1n) is 6.04. The summed E-state index contributed by atoms with van der Waals surface area (Å²) in [5, 5.41) is 9.06. The number of nitrogens with zero attached hydrogens (tertiary/aromatic N) is 1. The SMILES string of the molecule is CCC(CO)C(=O)N(C)CC1CCCC1. The second-order valence-electron chi connectivity index (χ2n) is 4.66. The summed E-state index contributed by atoms with van der Waals surface area (Å²) < 4.78 is 0. The number of hydrogen-bond acceptors (Lipinski definition) is 2. The van der Waals surface area contributed by atoms with Crippen LogP contribution < -0.4 is 0 Å². The molecule has 0 bridgehead atoms. The summed E-state index contributed by atoms with van der Waals surface area (Å²) >= 11 is 0. The van der Waals surface area contributed by atoms with Crippen LogP contribution in [0.2, 0.25) is 0 Å². The van der Waals surface area contributed by atoms with E-state index in [0.717, 1.165) is 13.0 Å². The van der Waals surface area contributed by atoms with E-state index in [1.165, 1.54) is 25.7 Å². The molecule has 1 atom stereocenters. The molecule has 1 amide bonds. The monoisotopic (exact) mass is 213 g/mol. The van der Waals surface area contributed by atoms with Gasteiger partial charge in [-0.2, -0.15) is 0 Å². The highest BCUT2D eigenvalue weighted by Crippen LogP contribution is 2.25. The quantitative estimate of drug-likeness (QED) is 0.754. The molecule has 1 fully saturated rings. The Morgan fingerprint density at radius 2 is 2.07 bits per heavy atom. The van der Waals surface area contributed by atoms with Crippen LogP contribution in [0.25, 0.3) is 0 Å². The molecule has 1 aliphatic rings. The van der Waals surface area contributed by atoms with Gasteiger partial charge < -0.3 is 10.0 Å². The van der Waals surface area contributed by atoms with Crippen molar-refractivity contribution in [3.8, 4) is 0 Å². The lowest BCUT2D eigenvalue weighted by Crippen LogP contribution is -2.37. The Morgan fingerprint density at radius 3 is 2.53 bits per heavy atom. The largest absolute Gasteiger partial charge is 0.396 e. The second kappa shape index (κ2) is 6.11. The van der Waals surface area contributed by atoms with Crippen LogP contribution in [0, 0.1) is 11.8 Å². The second-order valence-corrected chi connectivity index (χ2v) is 4.66. The Hall–Kier alpha value is -0.570. The van der Waals surface area contributed by atoms with Gasteiger partial charge in [0.05, 0.1) is 12.5 Å². The molecule has 1 unspecified atom stereocenters. The third-order valence-electron chi connectivity index (χ3n) is 3.45. The Kier molecular flexibility index (Phi) is 5.09. The predicted octanol–water partition coefficient (Wildman–Crippen LogP) is 1.65. The van der Waals surface area contributed by atoms with E-state index in [9.17, 15) is 4.79 Å². The molecular weight excluding hydrogens is 190 g/mol. The van der Waals surface area contributed by atoms with Crippen molar-refractivity contribution in [1.29, 1.82) is 0 Å². The third kappa shape index (κ3) is 3.49. The van der Waals surface area contributed by atoms with E-state index in [4.69, 9.17) is 5.11 Å². The van der Waals surface area contributed by atoms with Gasteiger partial charge in [0.2, 0.25) is 5.91 Å². The molecule has 3 heteroatoms. The zero-order valence-corrected chi connectivity index (χ0v) is 9.91. The fourth-order valence-corrected chi connectivity index (χ4v) is 2.36. The summed E-state index contributed by atoms with van der Waals surface area (Å²) in [7, 11) is 1.86. The fraction of sp³-hybridized carbons (Fsp3) is 0.917. The predicted molar refractivity (Wildman–Crippen MR) is 60.5 cm³/mol. The smallest absolute Gasteiger partial charge is 0.227 e. The van der Waals surface area contributed by atoms with E-state index < -0.39 is 0 Å². The van der Waals surface area contributed by atoms with E-state index in [1.807, 2.05) is 14.0 Å². The Balaban J connectivity index is 2.37. The molecular formula is C12H23NO2. The molecule has 0 aromatic carbocycles. The Bertz CT molecular complexity index is 196. The summed E-state index contributed by atoms with van der Waals surface area (Å²) in [4.78, 5) is 13.7. The summed E-state index contributed by atoms with van der Waals surface area (Å²) in [6.45, 7) is 2.79. The zero-order valence-electron chi connectivity index (χ0n) is 9.91. The van der Waals surface area contributed by atoms with E-state index in [0.29, 0.717) is 5.92 Å². The maximum absolute atomic E-state index is 11.9. The summed E-state index contributed by atoms with van der Waals surface area (Å²) in [5.74, 6) is 0.596. The minimum absolute atomic E-state index is 0.0235. The molecule has 3 nitrogen and oxygen atoms in total. The number of amides is 1. The molecule has 0 spiro atoms. The number of rotatable bonds is 5. The van der Waals surface area contributed by atoms with Gasteiger partial charge in [-0.15, -0.1) is 0 Å². The standard InChI is InChI=1S/C12H23NO2/c1-3-11(9-14)12(15)13(2)8-10-6-4-5-7-10/h10-11,14H,3-9H2,1-2H3. The lowest BCUT2D eigenvalue weighted by Gasteiger charge is -2.24. The summed E-state index contributed by atoms with van der Waals surface area (Å²) in [6, 6.07) is 0. The first kappa shape index (κ1) is 12.5. The molecule has 15 heavy (non-hydrogen) atoms. The van der Waals surface area contributed by atoms with Gasteiger partial charge in [-0.1, -0.05) is 19.8 Å². The van der Waals surface area contributed by atoms with E-state index in [2.05, 4.69) is 0 Å². The van der Waals surface area contributed by atoms with Gasteiger partial charge in [-0.25, -0.2) is 0 Å². The molecule has 0 aliphatic heterocycles. The molecule has 0 aromatic heterocycles.